The van der Waals surface area contributed by atoms with Gasteiger partial charge in [0.25, 0.3) is 0 Å². The average molecular weight is 588 g/mol. The minimum absolute atomic E-state index is 0.0429. The first-order valence-electron chi connectivity index (χ1n) is 13.1. The van der Waals surface area contributed by atoms with Crippen LogP contribution in [0.15, 0.2) is 78.9 Å². The van der Waals surface area contributed by atoms with Crippen LogP contribution in [0.1, 0.15) is 37.8 Å². The maximum Gasteiger partial charge on any atom is 0.243 e. The zero-order chi connectivity index (χ0) is 29.3. The van der Waals surface area contributed by atoms with E-state index in [1.54, 1.807) is 42.5 Å². The molecule has 0 radical (unpaired) electrons. The molecular formula is C30H35ClFN3O4S. The molecule has 1 N–H and O–H groups in total. The molecule has 0 aliphatic heterocycles. The summed E-state index contributed by atoms with van der Waals surface area (Å²) in [5.41, 5.74) is 1.56. The monoisotopic (exact) mass is 587 g/mol. The molecule has 0 spiro atoms. The van der Waals surface area contributed by atoms with Crippen molar-refractivity contribution in [3.63, 3.8) is 0 Å². The lowest BCUT2D eigenvalue weighted by molar-refractivity contribution is -0.141. The van der Waals surface area contributed by atoms with E-state index in [2.05, 4.69) is 5.32 Å². The number of benzene rings is 3. The summed E-state index contributed by atoms with van der Waals surface area (Å²) in [7, 11) is -3.64. The third-order valence-corrected chi connectivity index (χ3v) is 7.71. The van der Waals surface area contributed by atoms with E-state index < -0.39 is 21.9 Å². The number of sulfonamides is 1. The van der Waals surface area contributed by atoms with Gasteiger partial charge in [0.1, 0.15) is 11.9 Å². The number of carbonyl (C=O) groups excluding carboxylic acids is 2. The highest BCUT2D eigenvalue weighted by Gasteiger charge is 2.31. The van der Waals surface area contributed by atoms with Crippen LogP contribution < -0.4 is 9.62 Å². The van der Waals surface area contributed by atoms with Crippen LogP contribution in [0.3, 0.4) is 0 Å². The lowest BCUT2D eigenvalue weighted by atomic mass is 10.0. The van der Waals surface area contributed by atoms with Crippen molar-refractivity contribution in [1.29, 1.82) is 0 Å². The van der Waals surface area contributed by atoms with E-state index >= 15 is 0 Å². The van der Waals surface area contributed by atoms with Gasteiger partial charge in [-0.15, -0.1) is 0 Å². The molecule has 0 aromatic heterocycles. The Morgan fingerprint density at radius 1 is 0.950 bits per heavy atom. The van der Waals surface area contributed by atoms with Crippen LogP contribution in [0.5, 0.6) is 0 Å². The summed E-state index contributed by atoms with van der Waals surface area (Å²) >= 11 is 5.96. The van der Waals surface area contributed by atoms with Crippen LogP contribution in [-0.4, -0.2) is 50.0 Å². The van der Waals surface area contributed by atoms with Crippen molar-refractivity contribution >= 4 is 39.1 Å². The Morgan fingerprint density at radius 3 is 2.17 bits per heavy atom. The van der Waals surface area contributed by atoms with Crippen molar-refractivity contribution in [2.24, 2.45) is 0 Å². The maximum atomic E-state index is 14.7. The van der Waals surface area contributed by atoms with Gasteiger partial charge in [-0.05, 0) is 56.2 Å². The molecule has 0 bridgehead atoms. The minimum atomic E-state index is -3.64. The number of halogens is 2. The third-order valence-electron chi connectivity index (χ3n) is 6.27. The summed E-state index contributed by atoms with van der Waals surface area (Å²) in [4.78, 5) is 28.5. The first kappa shape index (κ1) is 31.1. The lowest BCUT2D eigenvalue weighted by Gasteiger charge is -2.32. The Morgan fingerprint density at radius 2 is 1.57 bits per heavy atom. The van der Waals surface area contributed by atoms with Gasteiger partial charge in [0.05, 0.1) is 11.9 Å². The van der Waals surface area contributed by atoms with Gasteiger partial charge in [0.15, 0.2) is 0 Å². The summed E-state index contributed by atoms with van der Waals surface area (Å²) in [5, 5.41) is 3.37. The Kier molecular flexibility index (Phi) is 11.1. The van der Waals surface area contributed by atoms with Crippen LogP contribution >= 0.6 is 11.6 Å². The second-order valence-electron chi connectivity index (χ2n) is 9.90. The molecule has 0 aliphatic rings. The molecule has 7 nitrogen and oxygen atoms in total. The van der Waals surface area contributed by atoms with E-state index in [-0.39, 0.29) is 55.8 Å². The van der Waals surface area contributed by atoms with E-state index in [9.17, 15) is 22.4 Å². The quantitative estimate of drug-likeness (QED) is 0.298. The van der Waals surface area contributed by atoms with Crippen molar-refractivity contribution in [2.45, 2.75) is 51.7 Å². The maximum absolute atomic E-state index is 14.7. The molecule has 40 heavy (non-hydrogen) atoms. The highest BCUT2D eigenvalue weighted by Crippen LogP contribution is 2.22. The normalized spacial score (nSPS) is 12.2. The molecular weight excluding hydrogens is 553 g/mol. The fraction of sp³-hybridized carbons (Fsp3) is 0.333. The van der Waals surface area contributed by atoms with E-state index in [1.165, 1.54) is 15.3 Å². The SMILES string of the molecule is CC(C)NC(=O)[C@@H](Cc1ccccc1)N(Cc1ccccc1F)C(=O)CCCN(c1ccc(Cl)cc1)S(C)(=O)=O. The number of amides is 2. The van der Waals surface area contributed by atoms with Crippen LogP contribution in [0, 0.1) is 5.82 Å². The lowest BCUT2D eigenvalue weighted by Crippen LogP contribution is -2.52. The van der Waals surface area contributed by atoms with Crippen molar-refractivity contribution in [1.82, 2.24) is 10.2 Å². The number of rotatable bonds is 13. The predicted octanol–water partition coefficient (Wildman–Crippen LogP) is 5.19. The van der Waals surface area contributed by atoms with Crippen molar-refractivity contribution in [3.05, 3.63) is 101 Å². The van der Waals surface area contributed by atoms with Gasteiger partial charge in [0.2, 0.25) is 21.8 Å². The van der Waals surface area contributed by atoms with E-state index in [0.717, 1.165) is 11.8 Å². The molecule has 0 aliphatic carbocycles. The average Bonchev–Trinajstić information content (AvgIpc) is 2.89. The molecule has 0 saturated heterocycles. The smallest absolute Gasteiger partial charge is 0.243 e. The van der Waals surface area contributed by atoms with Gasteiger partial charge < -0.3 is 10.2 Å². The van der Waals surface area contributed by atoms with Crippen LogP contribution in [-0.2, 0) is 32.6 Å². The molecule has 2 amide bonds. The van der Waals surface area contributed by atoms with E-state index in [4.69, 9.17) is 11.6 Å². The highest BCUT2D eigenvalue weighted by molar-refractivity contribution is 7.92. The molecule has 0 unspecified atom stereocenters. The Bertz CT molecular complexity index is 1390. The second kappa shape index (κ2) is 14.3. The van der Waals surface area contributed by atoms with Gasteiger partial charge in [-0.1, -0.05) is 60.1 Å². The summed E-state index contributed by atoms with van der Waals surface area (Å²) in [6.07, 6.45) is 1.47. The van der Waals surface area contributed by atoms with Gasteiger partial charge in [-0.25, -0.2) is 12.8 Å². The first-order valence-corrected chi connectivity index (χ1v) is 15.3. The minimum Gasteiger partial charge on any atom is -0.352 e. The summed E-state index contributed by atoms with van der Waals surface area (Å²) in [6.45, 7) is 3.59. The Labute approximate surface area is 241 Å². The zero-order valence-corrected chi connectivity index (χ0v) is 24.5. The molecule has 3 aromatic carbocycles. The zero-order valence-electron chi connectivity index (χ0n) is 22.9. The summed E-state index contributed by atoms with van der Waals surface area (Å²) < 4.78 is 40.9. The molecule has 214 valence electrons. The number of nitrogens with zero attached hydrogens (tertiary/aromatic N) is 2. The Hall–Kier alpha value is -3.43. The van der Waals surface area contributed by atoms with Gasteiger partial charge >= 0.3 is 0 Å². The van der Waals surface area contributed by atoms with Crippen LogP contribution in [0.25, 0.3) is 0 Å². The van der Waals surface area contributed by atoms with E-state index in [0.29, 0.717) is 10.7 Å². The largest absolute Gasteiger partial charge is 0.352 e. The Balaban J connectivity index is 1.88. The highest BCUT2D eigenvalue weighted by atomic mass is 35.5. The van der Waals surface area contributed by atoms with Gasteiger partial charge in [-0.3, -0.25) is 13.9 Å². The van der Waals surface area contributed by atoms with Crippen molar-refractivity contribution in [3.8, 4) is 0 Å². The fourth-order valence-electron chi connectivity index (χ4n) is 4.36. The summed E-state index contributed by atoms with van der Waals surface area (Å²) in [5.74, 6) is -1.20. The predicted molar refractivity (Wildman–Crippen MR) is 157 cm³/mol. The fourth-order valence-corrected chi connectivity index (χ4v) is 5.45. The molecule has 3 rings (SSSR count). The molecule has 0 fully saturated rings. The topological polar surface area (TPSA) is 86.8 Å². The van der Waals surface area contributed by atoms with Gasteiger partial charge in [0, 0.05) is 42.6 Å². The molecule has 1 atom stereocenters. The number of anilines is 1. The number of carbonyl (C=O) groups is 2. The number of hydrogen-bond donors (Lipinski definition) is 1. The second-order valence-corrected chi connectivity index (χ2v) is 12.2. The van der Waals surface area contributed by atoms with E-state index in [1.807, 2.05) is 44.2 Å². The van der Waals surface area contributed by atoms with Crippen LogP contribution in [0.2, 0.25) is 5.02 Å². The molecule has 3 aromatic rings. The first-order chi connectivity index (χ1) is 19.0. The summed E-state index contributed by atoms with van der Waals surface area (Å²) in [6, 6.07) is 20.8. The van der Waals surface area contributed by atoms with Crippen molar-refractivity contribution < 1.29 is 22.4 Å². The molecule has 0 saturated carbocycles. The molecule has 10 heteroatoms. The standard InChI is InChI=1S/C30H35ClFN3O4S/c1-22(2)33-30(37)28(20-23-10-5-4-6-11-23)34(21-24-12-7-8-13-27(24)32)29(36)14-9-19-35(40(3,38)39)26-17-15-25(31)16-18-26/h4-8,10-13,15-18,22,28H,9,14,19-21H2,1-3H3,(H,33,37)/t28-/m1/s1. The third kappa shape index (κ3) is 9.06. The number of nitrogens with one attached hydrogen (secondary N) is 1. The number of hydrogen-bond acceptors (Lipinski definition) is 4. The van der Waals surface area contributed by atoms with Crippen LogP contribution in [0.4, 0.5) is 10.1 Å². The van der Waals surface area contributed by atoms with Crippen molar-refractivity contribution in [2.75, 3.05) is 17.1 Å². The molecule has 0 heterocycles. The van der Waals surface area contributed by atoms with Gasteiger partial charge in [-0.2, -0.15) is 0 Å².